The Kier molecular flexibility index (Phi) is 8.72. The predicted molar refractivity (Wildman–Crippen MR) is 136 cm³/mol. The van der Waals surface area contributed by atoms with E-state index in [0.29, 0.717) is 17.0 Å². The number of carbonyl (C=O) groups is 2. The number of nitrogens with zero attached hydrogens (tertiary/aromatic N) is 1. The molecule has 0 aliphatic carbocycles. The average Bonchev–Trinajstić information content (AvgIpc) is 2.88. The molecule has 0 heterocycles. The molecule has 37 heavy (non-hydrogen) atoms. The van der Waals surface area contributed by atoms with Gasteiger partial charge in [0.25, 0.3) is 10.0 Å². The zero-order valence-corrected chi connectivity index (χ0v) is 21.6. The number of nitrogens with one attached hydrogen (secondary N) is 1. The number of esters is 1. The SMILES string of the molecule is CCOC(=O)c1cccc(NC(=O)CN(c2ccc(F)cc2)S(=O)(=O)c2ccc(OC)c(OC)c2)c1C. The number of sulfonamides is 1. The van der Waals surface area contributed by atoms with Gasteiger partial charge in [-0.25, -0.2) is 17.6 Å². The van der Waals surface area contributed by atoms with E-state index in [1.165, 1.54) is 44.6 Å². The minimum absolute atomic E-state index is 0.0725. The molecule has 196 valence electrons. The highest BCUT2D eigenvalue weighted by Gasteiger charge is 2.29. The molecule has 3 aromatic rings. The van der Waals surface area contributed by atoms with Crippen LogP contribution in [0.25, 0.3) is 0 Å². The van der Waals surface area contributed by atoms with Crippen LogP contribution in [0.5, 0.6) is 11.5 Å². The van der Waals surface area contributed by atoms with Crippen molar-refractivity contribution in [2.75, 3.05) is 37.0 Å². The van der Waals surface area contributed by atoms with Gasteiger partial charge in [-0.15, -0.1) is 0 Å². The summed E-state index contributed by atoms with van der Waals surface area (Å²) in [5.41, 5.74) is 1.12. The third-order valence-electron chi connectivity index (χ3n) is 5.45. The van der Waals surface area contributed by atoms with Gasteiger partial charge in [-0.2, -0.15) is 0 Å². The lowest BCUT2D eigenvalue weighted by atomic mass is 10.1. The molecule has 9 nitrogen and oxygen atoms in total. The minimum atomic E-state index is -4.31. The standard InChI is InChI=1S/C26H27FN2O7S/c1-5-36-26(31)21-7-6-8-22(17(21)2)28-25(30)16-29(19-11-9-18(27)10-12-19)37(32,33)20-13-14-23(34-3)24(15-20)35-4/h6-15H,5,16H2,1-4H3,(H,28,30). The Bertz CT molecular complexity index is 1390. The number of carbonyl (C=O) groups excluding carboxylic acids is 2. The van der Waals surface area contributed by atoms with Crippen molar-refractivity contribution in [3.63, 3.8) is 0 Å². The van der Waals surface area contributed by atoms with Gasteiger partial charge >= 0.3 is 5.97 Å². The maximum atomic E-state index is 13.7. The molecule has 0 radical (unpaired) electrons. The summed E-state index contributed by atoms with van der Waals surface area (Å²) < 4.78 is 57.2. The van der Waals surface area contributed by atoms with Gasteiger partial charge in [-0.1, -0.05) is 6.07 Å². The molecule has 1 N–H and O–H groups in total. The van der Waals surface area contributed by atoms with E-state index in [4.69, 9.17) is 14.2 Å². The molecular formula is C26H27FN2O7S. The Labute approximate surface area is 214 Å². The maximum absolute atomic E-state index is 13.7. The number of anilines is 2. The van der Waals surface area contributed by atoms with Crippen LogP contribution < -0.4 is 19.1 Å². The fourth-order valence-corrected chi connectivity index (χ4v) is 4.98. The molecule has 0 saturated carbocycles. The van der Waals surface area contributed by atoms with Crippen LogP contribution in [0, 0.1) is 12.7 Å². The summed E-state index contributed by atoms with van der Waals surface area (Å²) in [5.74, 6) is -1.29. The molecule has 0 spiro atoms. The third-order valence-corrected chi connectivity index (χ3v) is 7.22. The summed E-state index contributed by atoms with van der Waals surface area (Å²) in [6.07, 6.45) is 0. The molecular weight excluding hydrogens is 503 g/mol. The van der Waals surface area contributed by atoms with Gasteiger partial charge in [-0.3, -0.25) is 9.10 Å². The Morgan fingerprint density at radius 1 is 0.973 bits per heavy atom. The molecule has 0 unspecified atom stereocenters. The van der Waals surface area contributed by atoms with Crippen LogP contribution in [0.4, 0.5) is 15.8 Å². The molecule has 0 atom stereocenters. The highest BCUT2D eigenvalue weighted by atomic mass is 32.2. The lowest BCUT2D eigenvalue weighted by Crippen LogP contribution is -2.38. The zero-order valence-electron chi connectivity index (χ0n) is 20.8. The summed E-state index contributed by atoms with van der Waals surface area (Å²) >= 11 is 0. The number of ether oxygens (including phenoxy) is 3. The van der Waals surface area contributed by atoms with Gasteiger partial charge < -0.3 is 19.5 Å². The summed E-state index contributed by atoms with van der Waals surface area (Å²) in [6.45, 7) is 2.88. The minimum Gasteiger partial charge on any atom is -0.493 e. The van der Waals surface area contributed by atoms with Gasteiger partial charge in [0, 0.05) is 11.8 Å². The van der Waals surface area contributed by atoms with E-state index in [9.17, 15) is 22.4 Å². The number of hydrogen-bond acceptors (Lipinski definition) is 7. The van der Waals surface area contributed by atoms with Crippen LogP contribution in [0.3, 0.4) is 0 Å². The first-order chi connectivity index (χ1) is 17.6. The van der Waals surface area contributed by atoms with Crippen LogP contribution in [0.1, 0.15) is 22.8 Å². The van der Waals surface area contributed by atoms with Crippen LogP contribution in [-0.2, 0) is 19.6 Å². The van der Waals surface area contributed by atoms with Crippen molar-refractivity contribution in [3.05, 3.63) is 77.6 Å². The second-order valence-electron chi connectivity index (χ2n) is 7.75. The molecule has 3 rings (SSSR count). The molecule has 11 heteroatoms. The van der Waals surface area contributed by atoms with E-state index in [1.54, 1.807) is 32.0 Å². The molecule has 0 bridgehead atoms. The number of methoxy groups -OCH3 is 2. The predicted octanol–water partition coefficient (Wildman–Crippen LogP) is 4.16. The fourth-order valence-electron chi connectivity index (χ4n) is 3.55. The Balaban J connectivity index is 1.97. The number of halogens is 1. The largest absolute Gasteiger partial charge is 0.493 e. The van der Waals surface area contributed by atoms with Crippen LogP contribution in [0.2, 0.25) is 0 Å². The quantitative estimate of drug-likeness (QED) is 0.392. The smallest absolute Gasteiger partial charge is 0.338 e. The second kappa shape index (κ2) is 11.7. The van der Waals surface area contributed by atoms with Crippen molar-refractivity contribution in [3.8, 4) is 11.5 Å². The van der Waals surface area contributed by atoms with E-state index in [1.807, 2.05) is 0 Å². The molecule has 0 saturated heterocycles. The zero-order chi connectivity index (χ0) is 27.2. The molecule has 0 aliphatic rings. The number of benzene rings is 3. The summed E-state index contributed by atoms with van der Waals surface area (Å²) in [7, 11) is -1.53. The third kappa shape index (κ3) is 6.18. The lowest BCUT2D eigenvalue weighted by Gasteiger charge is -2.25. The van der Waals surface area contributed by atoms with Crippen molar-refractivity contribution in [2.45, 2.75) is 18.7 Å². The Morgan fingerprint density at radius 3 is 2.27 bits per heavy atom. The number of rotatable bonds is 10. The fraction of sp³-hybridized carbons (Fsp3) is 0.231. The van der Waals surface area contributed by atoms with E-state index in [2.05, 4.69) is 5.32 Å². The van der Waals surface area contributed by atoms with E-state index >= 15 is 0 Å². The Morgan fingerprint density at radius 2 is 1.65 bits per heavy atom. The molecule has 0 aromatic heterocycles. The lowest BCUT2D eigenvalue weighted by molar-refractivity contribution is -0.114. The molecule has 0 aliphatic heterocycles. The van der Waals surface area contributed by atoms with Gasteiger partial charge in [0.1, 0.15) is 12.4 Å². The topological polar surface area (TPSA) is 111 Å². The summed E-state index contributed by atoms with van der Waals surface area (Å²) in [6, 6.07) is 13.4. The summed E-state index contributed by atoms with van der Waals surface area (Å²) in [4.78, 5) is 25.1. The maximum Gasteiger partial charge on any atom is 0.338 e. The number of amides is 1. The highest BCUT2D eigenvalue weighted by molar-refractivity contribution is 7.92. The van der Waals surface area contributed by atoms with E-state index < -0.39 is 34.3 Å². The van der Waals surface area contributed by atoms with Gasteiger partial charge in [0.2, 0.25) is 5.91 Å². The van der Waals surface area contributed by atoms with E-state index in [0.717, 1.165) is 16.4 Å². The molecule has 3 aromatic carbocycles. The van der Waals surface area contributed by atoms with Gasteiger partial charge in [0.15, 0.2) is 11.5 Å². The first kappa shape index (κ1) is 27.5. The van der Waals surface area contributed by atoms with Crippen molar-refractivity contribution < 1.29 is 36.6 Å². The van der Waals surface area contributed by atoms with Crippen molar-refractivity contribution in [1.29, 1.82) is 0 Å². The normalized spacial score (nSPS) is 10.9. The first-order valence-corrected chi connectivity index (χ1v) is 12.6. The first-order valence-electron chi connectivity index (χ1n) is 11.2. The van der Waals surface area contributed by atoms with Crippen LogP contribution in [-0.4, -0.2) is 47.7 Å². The van der Waals surface area contributed by atoms with Gasteiger partial charge in [0.05, 0.1) is 37.0 Å². The monoisotopic (exact) mass is 530 g/mol. The summed E-state index contributed by atoms with van der Waals surface area (Å²) in [5, 5.41) is 2.65. The van der Waals surface area contributed by atoms with E-state index in [-0.39, 0.29) is 28.5 Å². The van der Waals surface area contributed by atoms with Crippen LogP contribution in [0.15, 0.2) is 65.6 Å². The van der Waals surface area contributed by atoms with Crippen LogP contribution >= 0.6 is 0 Å². The molecule has 0 fully saturated rings. The number of hydrogen-bond donors (Lipinski definition) is 1. The van der Waals surface area contributed by atoms with Crippen molar-refractivity contribution >= 4 is 33.3 Å². The highest BCUT2D eigenvalue weighted by Crippen LogP contribution is 2.32. The van der Waals surface area contributed by atoms with Crippen molar-refractivity contribution in [1.82, 2.24) is 0 Å². The molecule has 1 amide bonds. The average molecular weight is 531 g/mol. The Hall–Kier alpha value is -4.12. The van der Waals surface area contributed by atoms with Gasteiger partial charge in [-0.05, 0) is 67.9 Å². The second-order valence-corrected chi connectivity index (χ2v) is 9.61. The van der Waals surface area contributed by atoms with Crippen molar-refractivity contribution in [2.24, 2.45) is 0 Å².